The normalized spacial score (nSPS) is 10.9. The molecule has 22 heavy (non-hydrogen) atoms. The molecule has 0 spiro atoms. The van der Waals surface area contributed by atoms with Gasteiger partial charge in [-0.2, -0.15) is 0 Å². The maximum absolute atomic E-state index is 12.3. The quantitative estimate of drug-likeness (QED) is 0.768. The van der Waals surface area contributed by atoms with Crippen LogP contribution in [0.1, 0.15) is 11.3 Å². The number of para-hydroxylation sites is 1. The Morgan fingerprint density at radius 3 is 2.73 bits per heavy atom. The fraction of sp³-hybridized carbons (Fsp3) is 0.176. The zero-order valence-electron chi connectivity index (χ0n) is 12.4. The molecule has 0 atom stereocenters. The van der Waals surface area contributed by atoms with Crippen LogP contribution >= 0.6 is 15.9 Å². The molecule has 2 heterocycles. The van der Waals surface area contributed by atoms with Crippen molar-refractivity contribution in [1.82, 2.24) is 9.55 Å². The van der Waals surface area contributed by atoms with Gasteiger partial charge in [0.2, 0.25) is 5.91 Å². The molecular formula is C17H16BrN3O. The minimum absolute atomic E-state index is 0.0901. The molecule has 0 unspecified atom stereocenters. The number of carbonyl (C=O) groups excluding carboxylic acids is 1. The summed E-state index contributed by atoms with van der Waals surface area (Å²) in [6.45, 7) is 4.22. The number of amides is 1. The average molecular weight is 358 g/mol. The number of rotatable bonds is 3. The van der Waals surface area contributed by atoms with E-state index in [9.17, 15) is 4.79 Å². The van der Waals surface area contributed by atoms with E-state index >= 15 is 0 Å². The molecule has 0 aliphatic heterocycles. The summed E-state index contributed by atoms with van der Waals surface area (Å²) in [5, 5.41) is 3.94. The molecule has 0 radical (unpaired) electrons. The molecule has 3 rings (SSSR count). The van der Waals surface area contributed by atoms with E-state index in [1.54, 1.807) is 6.20 Å². The number of carbonyl (C=O) groups is 1. The van der Waals surface area contributed by atoms with Crippen molar-refractivity contribution >= 4 is 38.6 Å². The minimum Gasteiger partial charge on any atom is -0.334 e. The second-order valence-corrected chi connectivity index (χ2v) is 6.06. The van der Waals surface area contributed by atoms with E-state index in [1.165, 1.54) is 0 Å². The molecular weight excluding hydrogens is 342 g/mol. The first kappa shape index (κ1) is 14.8. The summed E-state index contributed by atoms with van der Waals surface area (Å²) in [5.41, 5.74) is 3.14. The summed E-state index contributed by atoms with van der Waals surface area (Å²) in [7, 11) is 0. The van der Waals surface area contributed by atoms with Crippen molar-refractivity contribution in [2.75, 3.05) is 5.32 Å². The summed E-state index contributed by atoms with van der Waals surface area (Å²) in [5.74, 6) is 0.483. The fourth-order valence-corrected chi connectivity index (χ4v) is 3.01. The van der Waals surface area contributed by atoms with Gasteiger partial charge in [0.15, 0.2) is 0 Å². The number of aryl methyl sites for hydroxylation is 1. The van der Waals surface area contributed by atoms with Crippen LogP contribution < -0.4 is 5.32 Å². The molecule has 2 aromatic heterocycles. The van der Waals surface area contributed by atoms with E-state index in [0.717, 1.165) is 26.6 Å². The van der Waals surface area contributed by atoms with Gasteiger partial charge in [-0.05, 0) is 47.5 Å². The molecule has 1 amide bonds. The van der Waals surface area contributed by atoms with Crippen molar-refractivity contribution in [2.24, 2.45) is 0 Å². The van der Waals surface area contributed by atoms with Gasteiger partial charge in [-0.1, -0.05) is 24.3 Å². The molecule has 5 heteroatoms. The highest BCUT2D eigenvalue weighted by molar-refractivity contribution is 9.10. The van der Waals surface area contributed by atoms with Crippen LogP contribution in [0.3, 0.4) is 0 Å². The lowest BCUT2D eigenvalue weighted by atomic mass is 10.2. The third-order valence-electron chi connectivity index (χ3n) is 3.63. The molecule has 0 saturated heterocycles. The zero-order valence-corrected chi connectivity index (χ0v) is 14.0. The number of halogens is 1. The molecule has 3 aromatic rings. The van der Waals surface area contributed by atoms with Crippen molar-refractivity contribution in [3.8, 4) is 0 Å². The topological polar surface area (TPSA) is 46.9 Å². The maximum atomic E-state index is 12.3. The van der Waals surface area contributed by atoms with Crippen LogP contribution in [0.4, 0.5) is 5.82 Å². The summed E-state index contributed by atoms with van der Waals surface area (Å²) >= 11 is 3.60. The van der Waals surface area contributed by atoms with E-state index in [-0.39, 0.29) is 12.5 Å². The van der Waals surface area contributed by atoms with Crippen molar-refractivity contribution in [3.05, 3.63) is 58.3 Å². The van der Waals surface area contributed by atoms with Crippen molar-refractivity contribution in [2.45, 2.75) is 20.4 Å². The minimum atomic E-state index is -0.0901. The molecule has 1 aromatic carbocycles. The smallest absolute Gasteiger partial charge is 0.245 e. The van der Waals surface area contributed by atoms with E-state index in [4.69, 9.17) is 0 Å². The molecule has 1 N–H and O–H groups in total. The first-order valence-corrected chi connectivity index (χ1v) is 7.81. The van der Waals surface area contributed by atoms with Crippen LogP contribution in [0, 0.1) is 13.8 Å². The van der Waals surface area contributed by atoms with E-state index in [2.05, 4.69) is 26.2 Å². The van der Waals surface area contributed by atoms with Crippen molar-refractivity contribution in [1.29, 1.82) is 0 Å². The van der Waals surface area contributed by atoms with Gasteiger partial charge >= 0.3 is 0 Å². The van der Waals surface area contributed by atoms with Gasteiger partial charge < -0.3 is 9.88 Å². The molecule has 0 saturated carbocycles. The maximum Gasteiger partial charge on any atom is 0.245 e. The highest BCUT2D eigenvalue weighted by atomic mass is 79.9. The second-order valence-electron chi connectivity index (χ2n) is 5.27. The third-order valence-corrected chi connectivity index (χ3v) is 4.64. The molecule has 0 aliphatic rings. The number of anilines is 1. The Hall–Kier alpha value is -2.14. The zero-order chi connectivity index (χ0) is 15.7. The first-order chi connectivity index (χ1) is 10.6. The Morgan fingerprint density at radius 2 is 2.00 bits per heavy atom. The number of aromatic nitrogens is 2. The van der Waals surface area contributed by atoms with Gasteiger partial charge in [0.25, 0.3) is 0 Å². The van der Waals surface area contributed by atoms with Gasteiger partial charge in [0.1, 0.15) is 12.4 Å². The largest absolute Gasteiger partial charge is 0.334 e. The fourth-order valence-electron chi connectivity index (χ4n) is 2.46. The second kappa shape index (κ2) is 5.93. The third kappa shape index (κ3) is 2.76. The van der Waals surface area contributed by atoms with E-state index in [0.29, 0.717) is 5.82 Å². The molecule has 4 nitrogen and oxygen atoms in total. The predicted molar refractivity (Wildman–Crippen MR) is 92.0 cm³/mol. The number of benzene rings is 1. The van der Waals surface area contributed by atoms with Crippen LogP contribution in [0.15, 0.2) is 47.1 Å². The summed E-state index contributed by atoms with van der Waals surface area (Å²) in [6.07, 6.45) is 1.74. The number of pyridine rings is 1. The lowest BCUT2D eigenvalue weighted by Gasteiger charge is -2.09. The van der Waals surface area contributed by atoms with Gasteiger partial charge in [-0.15, -0.1) is 0 Å². The summed E-state index contributed by atoms with van der Waals surface area (Å²) in [6, 6.07) is 11.8. The van der Waals surface area contributed by atoms with E-state index in [1.807, 2.05) is 54.8 Å². The van der Waals surface area contributed by atoms with Crippen LogP contribution in [0.5, 0.6) is 0 Å². The Labute approximate surface area is 137 Å². The Morgan fingerprint density at radius 1 is 1.23 bits per heavy atom. The Balaban J connectivity index is 1.85. The predicted octanol–water partition coefficient (Wildman–Crippen LogP) is 4.05. The number of nitrogens with one attached hydrogen (secondary N) is 1. The van der Waals surface area contributed by atoms with Gasteiger partial charge in [-0.25, -0.2) is 4.98 Å². The summed E-state index contributed by atoms with van der Waals surface area (Å²) in [4.78, 5) is 16.5. The van der Waals surface area contributed by atoms with Gasteiger partial charge in [0, 0.05) is 27.3 Å². The highest BCUT2D eigenvalue weighted by Gasteiger charge is 2.14. The number of hydrogen-bond donors (Lipinski definition) is 1. The first-order valence-electron chi connectivity index (χ1n) is 7.02. The van der Waals surface area contributed by atoms with Gasteiger partial charge in [0.05, 0.1) is 0 Å². The standard InChI is InChI=1S/C17H16BrN3O/c1-11-7-8-15(19-9-11)20-16(22)10-21-12(2)17(18)13-5-3-4-6-14(13)21/h3-9H,10H2,1-2H3,(H,19,20,22). The summed E-state index contributed by atoms with van der Waals surface area (Å²) < 4.78 is 3.03. The van der Waals surface area contributed by atoms with Crippen LogP contribution in [-0.4, -0.2) is 15.5 Å². The molecule has 0 fully saturated rings. The number of fused-ring (bicyclic) bond motifs is 1. The van der Waals surface area contributed by atoms with Crippen LogP contribution in [-0.2, 0) is 11.3 Å². The lowest BCUT2D eigenvalue weighted by molar-refractivity contribution is -0.116. The Bertz CT molecular complexity index is 837. The molecule has 112 valence electrons. The molecule has 0 bridgehead atoms. The van der Waals surface area contributed by atoms with E-state index < -0.39 is 0 Å². The van der Waals surface area contributed by atoms with Crippen LogP contribution in [0.2, 0.25) is 0 Å². The monoisotopic (exact) mass is 357 g/mol. The number of nitrogens with zero attached hydrogens (tertiary/aromatic N) is 2. The van der Waals surface area contributed by atoms with Gasteiger partial charge in [-0.3, -0.25) is 4.79 Å². The Kier molecular flexibility index (Phi) is 3.98. The highest BCUT2D eigenvalue weighted by Crippen LogP contribution is 2.30. The lowest BCUT2D eigenvalue weighted by Crippen LogP contribution is -2.19. The van der Waals surface area contributed by atoms with Crippen molar-refractivity contribution in [3.63, 3.8) is 0 Å². The number of hydrogen-bond acceptors (Lipinski definition) is 2. The van der Waals surface area contributed by atoms with Crippen LogP contribution in [0.25, 0.3) is 10.9 Å². The average Bonchev–Trinajstić information content (AvgIpc) is 2.75. The SMILES string of the molecule is Cc1ccc(NC(=O)Cn2c(C)c(Br)c3ccccc32)nc1. The van der Waals surface area contributed by atoms with Crippen molar-refractivity contribution < 1.29 is 4.79 Å². The molecule has 0 aliphatic carbocycles.